The zero-order chi connectivity index (χ0) is 17.1. The Balaban J connectivity index is 2.29. The number of rotatable bonds is 4. The third-order valence-electron chi connectivity index (χ3n) is 3.47. The number of likely N-dealkylation sites (N-methyl/N-ethyl adjacent to an activating group) is 1. The van der Waals surface area contributed by atoms with Crippen molar-refractivity contribution in [1.29, 1.82) is 0 Å². The molecular formula is C16H17ClN2O3S. The van der Waals surface area contributed by atoms with E-state index in [0.29, 0.717) is 16.3 Å². The van der Waals surface area contributed by atoms with Crippen LogP contribution >= 0.6 is 23.8 Å². The lowest BCUT2D eigenvalue weighted by Crippen LogP contribution is -2.52. The largest absolute Gasteiger partial charge is 0.489 e. The molecule has 1 atom stereocenters. The molecule has 1 heterocycles. The Morgan fingerprint density at radius 2 is 2.13 bits per heavy atom. The van der Waals surface area contributed by atoms with Gasteiger partial charge in [0.1, 0.15) is 11.3 Å². The van der Waals surface area contributed by atoms with Gasteiger partial charge in [0, 0.05) is 7.05 Å². The van der Waals surface area contributed by atoms with Gasteiger partial charge in [-0.2, -0.15) is 0 Å². The van der Waals surface area contributed by atoms with E-state index in [2.05, 4.69) is 5.32 Å². The predicted octanol–water partition coefficient (Wildman–Crippen LogP) is 2.77. The Morgan fingerprint density at radius 3 is 2.74 bits per heavy atom. The number of carbonyl (C=O) groups is 2. The van der Waals surface area contributed by atoms with E-state index < -0.39 is 11.8 Å². The number of benzene rings is 1. The number of amides is 2. The monoisotopic (exact) mass is 352 g/mol. The zero-order valence-electron chi connectivity index (χ0n) is 13.1. The number of halogens is 1. The summed E-state index contributed by atoms with van der Waals surface area (Å²) in [7, 11) is 1.51. The van der Waals surface area contributed by atoms with E-state index in [9.17, 15) is 9.59 Å². The van der Waals surface area contributed by atoms with Crippen LogP contribution in [0.25, 0.3) is 6.08 Å². The van der Waals surface area contributed by atoms with Crippen molar-refractivity contribution >= 4 is 46.8 Å². The van der Waals surface area contributed by atoms with Gasteiger partial charge in [-0.05, 0) is 49.3 Å². The third-order valence-corrected chi connectivity index (χ3v) is 4.15. The van der Waals surface area contributed by atoms with Crippen LogP contribution in [0.3, 0.4) is 0 Å². The molecule has 1 fully saturated rings. The molecule has 0 aromatic heterocycles. The standard InChI is InChI=1S/C16H17ClN2O3S/c1-4-9(2)22-13-6-5-10(8-12(13)17)7-11-14(20)18-16(23)19(3)15(11)21/h5-9H,4H2,1-3H3,(H,18,20,23)/b11-7-/t9-/m1/s1. The van der Waals surface area contributed by atoms with E-state index in [0.717, 1.165) is 6.42 Å². The molecule has 1 aliphatic heterocycles. The topological polar surface area (TPSA) is 58.6 Å². The Morgan fingerprint density at radius 1 is 1.43 bits per heavy atom. The summed E-state index contributed by atoms with van der Waals surface area (Å²) in [6.07, 6.45) is 2.40. The van der Waals surface area contributed by atoms with Crippen LogP contribution in [0.1, 0.15) is 25.8 Å². The molecule has 2 rings (SSSR count). The summed E-state index contributed by atoms with van der Waals surface area (Å²) in [6, 6.07) is 5.12. The van der Waals surface area contributed by atoms with Gasteiger partial charge in [-0.15, -0.1) is 0 Å². The maximum Gasteiger partial charge on any atom is 0.265 e. The van der Waals surface area contributed by atoms with Crippen LogP contribution in [0.5, 0.6) is 5.75 Å². The van der Waals surface area contributed by atoms with Crippen molar-refractivity contribution in [2.45, 2.75) is 26.4 Å². The Kier molecular flexibility index (Phi) is 5.38. The molecule has 0 bridgehead atoms. The highest BCUT2D eigenvalue weighted by molar-refractivity contribution is 7.80. The first-order chi connectivity index (χ1) is 10.8. The number of thiocarbonyl (C=S) groups is 1. The van der Waals surface area contributed by atoms with E-state index in [-0.39, 0.29) is 16.8 Å². The number of ether oxygens (including phenoxy) is 1. The molecule has 1 aliphatic rings. The number of nitrogens with zero attached hydrogens (tertiary/aromatic N) is 1. The minimum absolute atomic E-state index is 0.00719. The molecule has 7 heteroatoms. The lowest BCUT2D eigenvalue weighted by atomic mass is 10.1. The first kappa shape index (κ1) is 17.4. The molecule has 0 saturated carbocycles. The quantitative estimate of drug-likeness (QED) is 0.514. The average Bonchev–Trinajstić information content (AvgIpc) is 2.51. The van der Waals surface area contributed by atoms with Crippen molar-refractivity contribution in [2.24, 2.45) is 0 Å². The Labute approximate surface area is 145 Å². The van der Waals surface area contributed by atoms with Gasteiger partial charge >= 0.3 is 0 Å². The maximum atomic E-state index is 12.1. The normalized spacial score (nSPS) is 18.2. The van der Waals surface area contributed by atoms with E-state index in [4.69, 9.17) is 28.6 Å². The molecule has 122 valence electrons. The highest BCUT2D eigenvalue weighted by Crippen LogP contribution is 2.28. The first-order valence-corrected chi connectivity index (χ1v) is 7.93. The number of nitrogens with one attached hydrogen (secondary N) is 1. The van der Waals surface area contributed by atoms with Crippen LogP contribution in [0.4, 0.5) is 0 Å². The summed E-state index contributed by atoms with van der Waals surface area (Å²) in [5.41, 5.74) is 0.638. The van der Waals surface area contributed by atoms with Crippen molar-refractivity contribution in [2.75, 3.05) is 7.05 Å². The molecule has 0 radical (unpaired) electrons. The van der Waals surface area contributed by atoms with Gasteiger partial charge in [0.25, 0.3) is 11.8 Å². The van der Waals surface area contributed by atoms with Gasteiger partial charge in [-0.25, -0.2) is 0 Å². The van der Waals surface area contributed by atoms with Gasteiger partial charge in [0.2, 0.25) is 0 Å². The smallest absolute Gasteiger partial charge is 0.265 e. The molecule has 5 nitrogen and oxygen atoms in total. The molecule has 2 amide bonds. The summed E-state index contributed by atoms with van der Waals surface area (Å²) in [6.45, 7) is 3.97. The van der Waals surface area contributed by atoms with E-state index >= 15 is 0 Å². The first-order valence-electron chi connectivity index (χ1n) is 7.14. The fourth-order valence-electron chi connectivity index (χ4n) is 1.91. The maximum absolute atomic E-state index is 12.1. The van der Waals surface area contributed by atoms with Gasteiger partial charge in [0.05, 0.1) is 11.1 Å². The number of hydrogen-bond acceptors (Lipinski definition) is 4. The van der Waals surface area contributed by atoms with Crippen LogP contribution in [0.2, 0.25) is 5.02 Å². The second-order valence-corrected chi connectivity index (χ2v) is 6.00. The second kappa shape index (κ2) is 7.10. The molecular weight excluding hydrogens is 336 g/mol. The molecule has 0 spiro atoms. The predicted molar refractivity (Wildman–Crippen MR) is 93.3 cm³/mol. The van der Waals surface area contributed by atoms with Gasteiger partial charge in [-0.1, -0.05) is 24.6 Å². The SMILES string of the molecule is CC[C@@H](C)Oc1ccc(/C=C2/C(=O)NC(=S)N(C)C2=O)cc1Cl. The molecule has 0 aliphatic carbocycles. The average molecular weight is 353 g/mol. The number of carbonyl (C=O) groups excluding carboxylic acids is 2. The highest BCUT2D eigenvalue weighted by atomic mass is 35.5. The highest BCUT2D eigenvalue weighted by Gasteiger charge is 2.30. The van der Waals surface area contributed by atoms with Crippen LogP contribution in [-0.4, -0.2) is 35.0 Å². The summed E-state index contributed by atoms with van der Waals surface area (Å²) < 4.78 is 5.69. The molecule has 1 aromatic carbocycles. The van der Waals surface area contributed by atoms with Crippen LogP contribution in [-0.2, 0) is 9.59 Å². The summed E-state index contributed by atoms with van der Waals surface area (Å²) >= 11 is 11.1. The van der Waals surface area contributed by atoms with Crippen molar-refractivity contribution in [3.05, 3.63) is 34.4 Å². The van der Waals surface area contributed by atoms with Crippen molar-refractivity contribution in [1.82, 2.24) is 10.2 Å². The van der Waals surface area contributed by atoms with Crippen molar-refractivity contribution in [3.63, 3.8) is 0 Å². The zero-order valence-corrected chi connectivity index (χ0v) is 14.6. The van der Waals surface area contributed by atoms with Crippen molar-refractivity contribution < 1.29 is 14.3 Å². The molecule has 1 N–H and O–H groups in total. The number of hydrogen-bond donors (Lipinski definition) is 1. The van der Waals surface area contributed by atoms with E-state index in [1.165, 1.54) is 18.0 Å². The van der Waals surface area contributed by atoms with Crippen LogP contribution < -0.4 is 10.1 Å². The fourth-order valence-corrected chi connectivity index (χ4v) is 2.32. The second-order valence-electron chi connectivity index (χ2n) is 5.21. The lowest BCUT2D eigenvalue weighted by molar-refractivity contribution is -0.128. The Bertz CT molecular complexity index is 703. The van der Waals surface area contributed by atoms with Gasteiger partial charge < -0.3 is 4.74 Å². The van der Waals surface area contributed by atoms with E-state index in [1.54, 1.807) is 18.2 Å². The molecule has 1 saturated heterocycles. The minimum Gasteiger partial charge on any atom is -0.489 e. The van der Waals surface area contributed by atoms with Gasteiger partial charge in [0.15, 0.2) is 5.11 Å². The van der Waals surface area contributed by atoms with E-state index in [1.807, 2.05) is 13.8 Å². The summed E-state index contributed by atoms with van der Waals surface area (Å²) in [4.78, 5) is 25.3. The fraction of sp³-hybridized carbons (Fsp3) is 0.312. The summed E-state index contributed by atoms with van der Waals surface area (Å²) in [5.74, 6) is -0.398. The molecule has 0 unspecified atom stereocenters. The van der Waals surface area contributed by atoms with Crippen LogP contribution in [0.15, 0.2) is 23.8 Å². The van der Waals surface area contributed by atoms with Gasteiger partial charge in [-0.3, -0.25) is 19.8 Å². The Hall–Kier alpha value is -1.92. The van der Waals surface area contributed by atoms with Crippen molar-refractivity contribution in [3.8, 4) is 5.75 Å². The minimum atomic E-state index is -0.519. The summed E-state index contributed by atoms with van der Waals surface area (Å²) in [5, 5.41) is 2.97. The lowest BCUT2D eigenvalue weighted by Gasteiger charge is -2.25. The van der Waals surface area contributed by atoms with Crippen LogP contribution in [0, 0.1) is 0 Å². The third kappa shape index (κ3) is 3.89. The molecule has 23 heavy (non-hydrogen) atoms. The molecule has 1 aromatic rings.